The Hall–Kier alpha value is -0.120. The van der Waals surface area contributed by atoms with E-state index in [0.29, 0.717) is 12.6 Å². The molecule has 3 heteroatoms. The number of likely N-dealkylation sites (N-methyl/N-ethyl adjacent to an activating group) is 1. The van der Waals surface area contributed by atoms with E-state index in [1.54, 1.807) is 0 Å². The van der Waals surface area contributed by atoms with Gasteiger partial charge in [0.15, 0.2) is 0 Å². The van der Waals surface area contributed by atoms with Crippen molar-refractivity contribution in [2.24, 2.45) is 5.92 Å². The lowest BCUT2D eigenvalue weighted by Gasteiger charge is -2.35. The molecule has 0 heterocycles. The number of rotatable bonds is 5. The number of aliphatic hydroxyl groups is 2. The molecule has 3 nitrogen and oxygen atoms in total. The van der Waals surface area contributed by atoms with E-state index in [2.05, 4.69) is 18.9 Å². The van der Waals surface area contributed by atoms with Crippen LogP contribution in [0.25, 0.3) is 0 Å². The predicted molar refractivity (Wildman–Crippen MR) is 61.8 cm³/mol. The fourth-order valence-corrected chi connectivity index (χ4v) is 2.53. The molecule has 1 fully saturated rings. The molecule has 0 bridgehead atoms. The number of aliphatic hydroxyl groups excluding tert-OH is 2. The van der Waals surface area contributed by atoms with E-state index in [0.717, 1.165) is 5.92 Å². The number of nitrogens with zero attached hydrogens (tertiary/aromatic N) is 1. The van der Waals surface area contributed by atoms with Gasteiger partial charge in [-0.2, -0.15) is 0 Å². The Morgan fingerprint density at radius 3 is 2.33 bits per heavy atom. The van der Waals surface area contributed by atoms with Crippen LogP contribution < -0.4 is 0 Å². The zero-order valence-corrected chi connectivity index (χ0v) is 10.0. The fraction of sp³-hybridized carbons (Fsp3) is 1.00. The molecule has 0 saturated heterocycles. The molecule has 0 amide bonds. The number of hydrogen-bond acceptors (Lipinski definition) is 3. The van der Waals surface area contributed by atoms with Crippen molar-refractivity contribution >= 4 is 0 Å². The normalized spacial score (nSPS) is 29.4. The summed E-state index contributed by atoms with van der Waals surface area (Å²) < 4.78 is 0. The second kappa shape index (κ2) is 6.46. The van der Waals surface area contributed by atoms with Crippen molar-refractivity contribution in [3.63, 3.8) is 0 Å². The molecule has 0 aromatic heterocycles. The summed E-state index contributed by atoms with van der Waals surface area (Å²) in [6, 6.07) is 0.606. The van der Waals surface area contributed by atoms with E-state index in [1.165, 1.54) is 32.1 Å². The summed E-state index contributed by atoms with van der Waals surface area (Å²) in [7, 11) is 2.05. The van der Waals surface area contributed by atoms with E-state index in [-0.39, 0.29) is 6.61 Å². The molecule has 90 valence electrons. The van der Waals surface area contributed by atoms with Gasteiger partial charge in [0.25, 0.3) is 0 Å². The summed E-state index contributed by atoms with van der Waals surface area (Å²) >= 11 is 0. The topological polar surface area (TPSA) is 43.7 Å². The van der Waals surface area contributed by atoms with Crippen LogP contribution >= 0.6 is 0 Å². The van der Waals surface area contributed by atoms with Crippen LogP contribution in [-0.4, -0.2) is 47.5 Å². The van der Waals surface area contributed by atoms with Crippen LogP contribution in [0.2, 0.25) is 0 Å². The molecule has 1 rings (SSSR count). The molecule has 1 saturated carbocycles. The van der Waals surface area contributed by atoms with Gasteiger partial charge >= 0.3 is 0 Å². The van der Waals surface area contributed by atoms with Crippen LogP contribution in [0.15, 0.2) is 0 Å². The summed E-state index contributed by atoms with van der Waals surface area (Å²) in [5, 5.41) is 18.2. The maximum absolute atomic E-state index is 9.37. The number of hydrogen-bond donors (Lipinski definition) is 2. The average Bonchev–Trinajstić information content (AvgIpc) is 2.29. The first kappa shape index (κ1) is 12.9. The van der Waals surface area contributed by atoms with Crippen molar-refractivity contribution in [3.05, 3.63) is 0 Å². The molecule has 15 heavy (non-hydrogen) atoms. The lowest BCUT2D eigenvalue weighted by atomic mass is 9.84. The summed E-state index contributed by atoms with van der Waals surface area (Å²) in [6.07, 6.45) is 5.84. The summed E-state index contributed by atoms with van der Waals surface area (Å²) in [5.41, 5.74) is 0. The fourth-order valence-electron chi connectivity index (χ4n) is 2.53. The first-order valence-corrected chi connectivity index (χ1v) is 6.16. The van der Waals surface area contributed by atoms with Gasteiger partial charge in [-0.3, -0.25) is 0 Å². The van der Waals surface area contributed by atoms with Gasteiger partial charge in [-0.05, 0) is 38.6 Å². The lowest BCUT2D eigenvalue weighted by molar-refractivity contribution is 0.0450. The minimum absolute atomic E-state index is 0.130. The highest BCUT2D eigenvalue weighted by Crippen LogP contribution is 2.28. The Balaban J connectivity index is 2.26. The maximum atomic E-state index is 9.37. The van der Waals surface area contributed by atoms with Gasteiger partial charge in [0.1, 0.15) is 0 Å². The molecule has 2 N–H and O–H groups in total. The summed E-state index contributed by atoms with van der Waals surface area (Å²) in [4.78, 5) is 2.20. The molecule has 1 atom stereocenters. The van der Waals surface area contributed by atoms with E-state index in [9.17, 15) is 5.11 Å². The maximum Gasteiger partial charge on any atom is 0.0897 e. The molecule has 1 unspecified atom stereocenters. The lowest BCUT2D eigenvalue weighted by Crippen LogP contribution is -2.40. The standard InChI is InChI=1S/C12H25NO2/c1-3-10-4-6-11(7-5-10)13(2)8-12(15)9-14/h10-12,14-15H,3-9H2,1-2H3. The molecule has 0 aliphatic heterocycles. The van der Waals surface area contributed by atoms with Crippen LogP contribution in [0.5, 0.6) is 0 Å². The smallest absolute Gasteiger partial charge is 0.0897 e. The van der Waals surface area contributed by atoms with E-state index >= 15 is 0 Å². The first-order chi connectivity index (χ1) is 7.17. The highest BCUT2D eigenvalue weighted by molar-refractivity contribution is 4.78. The van der Waals surface area contributed by atoms with Crippen molar-refractivity contribution in [3.8, 4) is 0 Å². The second-order valence-corrected chi connectivity index (χ2v) is 4.86. The van der Waals surface area contributed by atoms with Crippen molar-refractivity contribution in [2.45, 2.75) is 51.2 Å². The van der Waals surface area contributed by atoms with E-state index in [4.69, 9.17) is 5.11 Å². The third-order valence-electron chi connectivity index (χ3n) is 3.73. The second-order valence-electron chi connectivity index (χ2n) is 4.86. The van der Waals surface area contributed by atoms with E-state index < -0.39 is 6.10 Å². The average molecular weight is 215 g/mol. The van der Waals surface area contributed by atoms with Crippen LogP contribution in [0.1, 0.15) is 39.0 Å². The molecular formula is C12H25NO2. The SMILES string of the molecule is CCC1CCC(N(C)CC(O)CO)CC1. The predicted octanol–water partition coefficient (Wildman–Crippen LogP) is 1.24. The largest absolute Gasteiger partial charge is 0.394 e. The van der Waals surface area contributed by atoms with Gasteiger partial charge in [-0.1, -0.05) is 13.3 Å². The van der Waals surface area contributed by atoms with Crippen LogP contribution in [0, 0.1) is 5.92 Å². The van der Waals surface area contributed by atoms with Gasteiger partial charge in [0.2, 0.25) is 0 Å². The third-order valence-corrected chi connectivity index (χ3v) is 3.73. The Morgan fingerprint density at radius 1 is 1.27 bits per heavy atom. The summed E-state index contributed by atoms with van der Waals surface area (Å²) in [5.74, 6) is 0.914. The summed E-state index contributed by atoms with van der Waals surface area (Å²) in [6.45, 7) is 2.73. The minimum Gasteiger partial charge on any atom is -0.394 e. The Kier molecular flexibility index (Phi) is 5.58. The van der Waals surface area contributed by atoms with Crippen molar-refractivity contribution in [1.82, 2.24) is 4.90 Å². The van der Waals surface area contributed by atoms with Crippen LogP contribution in [0.4, 0.5) is 0 Å². The monoisotopic (exact) mass is 215 g/mol. The van der Waals surface area contributed by atoms with Gasteiger partial charge in [-0.25, -0.2) is 0 Å². The zero-order chi connectivity index (χ0) is 11.3. The molecule has 0 radical (unpaired) electrons. The molecule has 1 aliphatic rings. The van der Waals surface area contributed by atoms with Gasteiger partial charge in [0, 0.05) is 12.6 Å². The molecule has 1 aliphatic carbocycles. The zero-order valence-electron chi connectivity index (χ0n) is 10.0. The van der Waals surface area contributed by atoms with Crippen molar-refractivity contribution in [1.29, 1.82) is 0 Å². The van der Waals surface area contributed by atoms with Crippen molar-refractivity contribution in [2.75, 3.05) is 20.2 Å². The minimum atomic E-state index is -0.584. The molecule has 0 aromatic rings. The van der Waals surface area contributed by atoms with E-state index in [1.807, 2.05) is 0 Å². The van der Waals surface area contributed by atoms with Crippen LogP contribution in [-0.2, 0) is 0 Å². The highest BCUT2D eigenvalue weighted by Gasteiger charge is 2.23. The Labute approximate surface area is 93.1 Å². The quantitative estimate of drug-likeness (QED) is 0.725. The van der Waals surface area contributed by atoms with Gasteiger partial charge in [-0.15, -0.1) is 0 Å². The third kappa shape index (κ3) is 4.09. The highest BCUT2D eigenvalue weighted by atomic mass is 16.3. The molecule has 0 spiro atoms. The van der Waals surface area contributed by atoms with Crippen LogP contribution in [0.3, 0.4) is 0 Å². The van der Waals surface area contributed by atoms with Crippen molar-refractivity contribution < 1.29 is 10.2 Å². The molecular weight excluding hydrogens is 190 g/mol. The first-order valence-electron chi connectivity index (χ1n) is 6.16. The van der Waals surface area contributed by atoms with Gasteiger partial charge < -0.3 is 15.1 Å². The van der Waals surface area contributed by atoms with Gasteiger partial charge in [0.05, 0.1) is 12.7 Å². The molecule has 0 aromatic carbocycles. The Bertz CT molecular complexity index is 167. The Morgan fingerprint density at radius 2 is 1.87 bits per heavy atom.